The second-order valence-electron chi connectivity index (χ2n) is 5.52. The van der Waals surface area contributed by atoms with Gasteiger partial charge in [0.05, 0.1) is 0 Å². The molecule has 128 valence electrons. The molecule has 0 bridgehead atoms. The lowest BCUT2D eigenvalue weighted by molar-refractivity contribution is 0.451. The average molecular weight is 358 g/mol. The van der Waals surface area contributed by atoms with Crippen molar-refractivity contribution < 1.29 is 13.5 Å². The van der Waals surface area contributed by atoms with Crippen molar-refractivity contribution in [3.8, 4) is 11.6 Å². The molecule has 0 aliphatic heterocycles. The van der Waals surface area contributed by atoms with Crippen molar-refractivity contribution in [3.63, 3.8) is 0 Å². The number of thioether (sulfide) groups is 1. The number of hydrogen-bond acceptors (Lipinski definition) is 4. The lowest BCUT2D eigenvalue weighted by Crippen LogP contribution is -1.97. The molecular formula is C19H16F2N2OS. The van der Waals surface area contributed by atoms with Gasteiger partial charge in [0.15, 0.2) is 5.16 Å². The Morgan fingerprint density at radius 3 is 2.60 bits per heavy atom. The normalized spacial score (nSPS) is 10.7. The zero-order chi connectivity index (χ0) is 17.8. The third-order valence-electron chi connectivity index (χ3n) is 3.48. The second-order valence-corrected chi connectivity index (χ2v) is 6.46. The summed E-state index contributed by atoms with van der Waals surface area (Å²) in [6.45, 7) is 3.78. The van der Waals surface area contributed by atoms with E-state index in [1.807, 2.05) is 38.1 Å². The van der Waals surface area contributed by atoms with Crippen LogP contribution in [0.5, 0.6) is 11.6 Å². The molecule has 0 spiro atoms. The van der Waals surface area contributed by atoms with Crippen molar-refractivity contribution in [1.82, 2.24) is 9.97 Å². The van der Waals surface area contributed by atoms with Crippen LogP contribution in [0.15, 0.2) is 53.7 Å². The van der Waals surface area contributed by atoms with Crippen LogP contribution in [0.4, 0.5) is 8.78 Å². The highest BCUT2D eigenvalue weighted by Crippen LogP contribution is 2.27. The van der Waals surface area contributed by atoms with Crippen molar-refractivity contribution in [3.05, 3.63) is 77.0 Å². The van der Waals surface area contributed by atoms with Crippen LogP contribution < -0.4 is 4.74 Å². The quantitative estimate of drug-likeness (QED) is 0.448. The Morgan fingerprint density at radius 1 is 1.00 bits per heavy atom. The van der Waals surface area contributed by atoms with E-state index in [0.29, 0.717) is 16.8 Å². The number of rotatable bonds is 5. The van der Waals surface area contributed by atoms with Gasteiger partial charge in [0.25, 0.3) is 0 Å². The highest BCUT2D eigenvalue weighted by atomic mass is 32.2. The van der Waals surface area contributed by atoms with Crippen LogP contribution >= 0.6 is 11.8 Å². The second kappa shape index (κ2) is 7.61. The topological polar surface area (TPSA) is 35.0 Å². The van der Waals surface area contributed by atoms with Gasteiger partial charge in [-0.15, -0.1) is 0 Å². The number of aryl methyl sites for hydroxylation is 2. The molecule has 3 nitrogen and oxygen atoms in total. The molecule has 1 aromatic heterocycles. The molecule has 3 aromatic rings. The van der Waals surface area contributed by atoms with E-state index in [-0.39, 0.29) is 11.3 Å². The number of benzene rings is 2. The van der Waals surface area contributed by atoms with Gasteiger partial charge in [0, 0.05) is 23.1 Å². The Morgan fingerprint density at radius 2 is 1.80 bits per heavy atom. The zero-order valence-corrected chi connectivity index (χ0v) is 14.6. The first kappa shape index (κ1) is 17.4. The minimum Gasteiger partial charge on any atom is -0.439 e. The maximum absolute atomic E-state index is 13.7. The van der Waals surface area contributed by atoms with Gasteiger partial charge >= 0.3 is 0 Å². The summed E-state index contributed by atoms with van der Waals surface area (Å²) < 4.78 is 32.8. The van der Waals surface area contributed by atoms with Gasteiger partial charge in [-0.1, -0.05) is 30.0 Å². The predicted octanol–water partition coefficient (Wildman–Crippen LogP) is 5.46. The van der Waals surface area contributed by atoms with Gasteiger partial charge in [-0.05, 0) is 43.7 Å². The van der Waals surface area contributed by atoms with Crippen LogP contribution in [-0.2, 0) is 5.75 Å². The fraction of sp³-hybridized carbons (Fsp3) is 0.158. The number of hydrogen-bond donors (Lipinski definition) is 0. The standard InChI is InChI=1S/C19H16F2N2OS/c1-12-5-3-4-6-17(12)24-18-9-13(2)22-19(23-18)25-11-14-10-15(20)7-8-16(14)21/h3-10H,11H2,1-2H3. The van der Waals surface area contributed by atoms with Crippen molar-refractivity contribution >= 4 is 11.8 Å². The van der Waals surface area contributed by atoms with Crippen LogP contribution in [0.1, 0.15) is 16.8 Å². The number of halogens is 2. The fourth-order valence-corrected chi connectivity index (χ4v) is 3.08. The summed E-state index contributed by atoms with van der Waals surface area (Å²) in [5.41, 5.74) is 2.01. The zero-order valence-electron chi connectivity index (χ0n) is 13.8. The van der Waals surface area contributed by atoms with Crippen LogP contribution in [0.25, 0.3) is 0 Å². The smallest absolute Gasteiger partial charge is 0.223 e. The lowest BCUT2D eigenvalue weighted by Gasteiger charge is -2.09. The summed E-state index contributed by atoms with van der Waals surface area (Å²) in [6.07, 6.45) is 0. The maximum atomic E-state index is 13.7. The molecule has 0 N–H and O–H groups in total. The first-order valence-corrected chi connectivity index (χ1v) is 8.66. The summed E-state index contributed by atoms with van der Waals surface area (Å²) in [7, 11) is 0. The molecule has 0 aliphatic rings. The van der Waals surface area contributed by atoms with E-state index in [2.05, 4.69) is 9.97 Å². The molecule has 0 saturated carbocycles. The molecule has 0 radical (unpaired) electrons. The van der Waals surface area contributed by atoms with Crippen molar-refractivity contribution in [2.24, 2.45) is 0 Å². The number of ether oxygens (including phenoxy) is 1. The van der Waals surface area contributed by atoms with Crippen molar-refractivity contribution in [2.45, 2.75) is 24.8 Å². The summed E-state index contributed by atoms with van der Waals surface area (Å²) in [4.78, 5) is 8.67. The Bertz CT molecular complexity index is 902. The first-order valence-electron chi connectivity index (χ1n) is 7.67. The monoisotopic (exact) mass is 358 g/mol. The SMILES string of the molecule is Cc1cc(Oc2ccccc2C)nc(SCc2cc(F)ccc2F)n1. The van der Waals surface area contributed by atoms with Gasteiger partial charge in [-0.2, -0.15) is 4.98 Å². The van der Waals surface area contributed by atoms with Crippen LogP contribution in [0.2, 0.25) is 0 Å². The average Bonchev–Trinajstić information content (AvgIpc) is 2.57. The Labute approximate surface area is 149 Å². The van der Waals surface area contributed by atoms with E-state index in [9.17, 15) is 8.78 Å². The largest absolute Gasteiger partial charge is 0.439 e. The lowest BCUT2D eigenvalue weighted by atomic mass is 10.2. The minimum absolute atomic E-state index is 0.233. The highest BCUT2D eigenvalue weighted by molar-refractivity contribution is 7.98. The van der Waals surface area contributed by atoms with E-state index < -0.39 is 11.6 Å². The van der Waals surface area contributed by atoms with Gasteiger partial charge in [0.2, 0.25) is 5.88 Å². The third kappa shape index (κ3) is 4.54. The van der Waals surface area contributed by atoms with Gasteiger partial charge in [-0.3, -0.25) is 0 Å². The van der Waals surface area contributed by atoms with E-state index in [4.69, 9.17) is 4.74 Å². The molecule has 2 aromatic carbocycles. The minimum atomic E-state index is -0.467. The van der Waals surface area contributed by atoms with E-state index in [0.717, 1.165) is 23.4 Å². The van der Waals surface area contributed by atoms with Crippen LogP contribution in [-0.4, -0.2) is 9.97 Å². The first-order chi connectivity index (χ1) is 12.0. The molecule has 0 amide bonds. The van der Waals surface area contributed by atoms with E-state index in [1.165, 1.54) is 17.8 Å². The van der Waals surface area contributed by atoms with Gasteiger partial charge in [0.1, 0.15) is 17.4 Å². The van der Waals surface area contributed by atoms with E-state index in [1.54, 1.807) is 6.07 Å². The molecule has 0 aliphatic carbocycles. The molecule has 25 heavy (non-hydrogen) atoms. The molecular weight excluding hydrogens is 342 g/mol. The Balaban J connectivity index is 1.77. The summed E-state index contributed by atoms with van der Waals surface area (Å²) >= 11 is 1.23. The summed E-state index contributed by atoms with van der Waals surface area (Å²) in [6, 6.07) is 12.8. The summed E-state index contributed by atoms with van der Waals surface area (Å²) in [5.74, 6) is 0.456. The van der Waals surface area contributed by atoms with Crippen LogP contribution in [0.3, 0.4) is 0 Å². The molecule has 1 heterocycles. The summed E-state index contributed by atoms with van der Waals surface area (Å²) in [5, 5.41) is 0.451. The van der Waals surface area contributed by atoms with Gasteiger partial charge in [-0.25, -0.2) is 13.8 Å². The third-order valence-corrected chi connectivity index (χ3v) is 4.38. The predicted molar refractivity (Wildman–Crippen MR) is 93.9 cm³/mol. The maximum Gasteiger partial charge on any atom is 0.223 e. The number of aromatic nitrogens is 2. The Hall–Kier alpha value is -2.47. The molecule has 0 fully saturated rings. The molecule has 0 atom stereocenters. The molecule has 6 heteroatoms. The van der Waals surface area contributed by atoms with Crippen LogP contribution in [0, 0.1) is 25.5 Å². The molecule has 0 saturated heterocycles. The molecule has 0 unspecified atom stereocenters. The molecule has 3 rings (SSSR count). The number of para-hydroxylation sites is 1. The van der Waals surface area contributed by atoms with E-state index >= 15 is 0 Å². The highest BCUT2D eigenvalue weighted by Gasteiger charge is 2.09. The van der Waals surface area contributed by atoms with Crippen molar-refractivity contribution in [2.75, 3.05) is 0 Å². The van der Waals surface area contributed by atoms with Gasteiger partial charge < -0.3 is 4.74 Å². The van der Waals surface area contributed by atoms with Crippen molar-refractivity contribution in [1.29, 1.82) is 0 Å². The number of nitrogens with zero attached hydrogens (tertiary/aromatic N) is 2. The Kier molecular flexibility index (Phi) is 5.28. The fourth-order valence-electron chi connectivity index (χ4n) is 2.21.